The molecule has 0 radical (unpaired) electrons. The molecule has 1 aliphatic rings. The van der Waals surface area contributed by atoms with Gasteiger partial charge < -0.3 is 14.9 Å². The molecule has 3 atom stereocenters. The van der Waals surface area contributed by atoms with Crippen molar-refractivity contribution in [3.8, 4) is 0 Å². The van der Waals surface area contributed by atoms with Gasteiger partial charge in [0.25, 0.3) is 0 Å². The van der Waals surface area contributed by atoms with Crippen LogP contribution in [0.1, 0.15) is 13.3 Å². The number of ether oxygens (including phenoxy) is 1. The fourth-order valence-corrected chi connectivity index (χ4v) is 1.98. The second-order valence-electron chi connectivity index (χ2n) is 4.09. The molecule has 1 heterocycles. The molecule has 1 saturated heterocycles. The van der Waals surface area contributed by atoms with E-state index >= 15 is 0 Å². The lowest BCUT2D eigenvalue weighted by atomic mass is 10.0. The Morgan fingerprint density at radius 3 is 2.73 bits per heavy atom. The molecule has 15 heavy (non-hydrogen) atoms. The number of aliphatic hydroxyl groups is 1. The van der Waals surface area contributed by atoms with Crippen LogP contribution in [0.5, 0.6) is 0 Å². The van der Waals surface area contributed by atoms with Crippen LogP contribution in [0.2, 0.25) is 0 Å². The van der Waals surface area contributed by atoms with Gasteiger partial charge in [-0.2, -0.15) is 0 Å². The van der Waals surface area contributed by atoms with E-state index in [2.05, 4.69) is 0 Å². The van der Waals surface area contributed by atoms with E-state index in [1.54, 1.807) is 6.92 Å². The number of carboxylic acid groups (broad SMARTS) is 1. The number of likely N-dealkylation sites (tertiary alicyclic amines) is 1. The fraction of sp³-hybridized carbons (Fsp3) is 0.900. The first-order valence-corrected chi connectivity index (χ1v) is 5.20. The number of hydrogen-bond acceptors (Lipinski definition) is 4. The van der Waals surface area contributed by atoms with Crippen molar-refractivity contribution in [3.63, 3.8) is 0 Å². The molecule has 5 nitrogen and oxygen atoms in total. The van der Waals surface area contributed by atoms with E-state index in [1.807, 2.05) is 4.90 Å². The van der Waals surface area contributed by atoms with Gasteiger partial charge >= 0.3 is 5.97 Å². The Balaban J connectivity index is 2.52. The molecule has 0 bridgehead atoms. The lowest BCUT2D eigenvalue weighted by Gasteiger charge is -2.23. The molecule has 1 fully saturated rings. The molecule has 88 valence electrons. The molecule has 0 aromatic carbocycles. The van der Waals surface area contributed by atoms with Crippen LogP contribution in [-0.4, -0.2) is 60.0 Å². The van der Waals surface area contributed by atoms with Crippen molar-refractivity contribution in [2.75, 3.05) is 26.8 Å². The number of rotatable bonds is 5. The summed E-state index contributed by atoms with van der Waals surface area (Å²) in [6, 6.07) is -0.584. The monoisotopic (exact) mass is 217 g/mol. The Morgan fingerprint density at radius 2 is 2.33 bits per heavy atom. The number of aliphatic carboxylic acids is 1. The summed E-state index contributed by atoms with van der Waals surface area (Å²) in [5.74, 6) is -0.674. The number of hydrogen-bond donors (Lipinski definition) is 2. The van der Waals surface area contributed by atoms with Gasteiger partial charge in [0.1, 0.15) is 6.04 Å². The Morgan fingerprint density at radius 1 is 1.67 bits per heavy atom. The molecule has 0 aromatic heterocycles. The molecule has 1 rings (SSSR count). The molecule has 0 aliphatic carbocycles. The molecule has 0 amide bonds. The summed E-state index contributed by atoms with van der Waals surface area (Å²) in [7, 11) is 1.50. The van der Waals surface area contributed by atoms with Crippen LogP contribution in [0.15, 0.2) is 0 Å². The predicted octanol–water partition coefficient (Wildman–Crippen LogP) is -0.211. The molecule has 0 saturated carbocycles. The first-order chi connectivity index (χ1) is 7.06. The first kappa shape index (κ1) is 12.4. The maximum atomic E-state index is 11.0. The van der Waals surface area contributed by atoms with Crippen LogP contribution >= 0.6 is 0 Å². The van der Waals surface area contributed by atoms with Gasteiger partial charge in [0.2, 0.25) is 0 Å². The summed E-state index contributed by atoms with van der Waals surface area (Å²) in [4.78, 5) is 12.8. The van der Waals surface area contributed by atoms with Crippen molar-refractivity contribution < 1.29 is 19.7 Å². The van der Waals surface area contributed by atoms with Crippen LogP contribution in [0.25, 0.3) is 0 Å². The Hall–Kier alpha value is -0.650. The minimum absolute atomic E-state index is 0.184. The number of carboxylic acids is 1. The van der Waals surface area contributed by atoms with Gasteiger partial charge in [0.05, 0.1) is 12.7 Å². The Kier molecular flexibility index (Phi) is 4.50. The first-order valence-electron chi connectivity index (χ1n) is 5.20. The highest BCUT2D eigenvalue weighted by molar-refractivity contribution is 5.73. The van der Waals surface area contributed by atoms with Gasteiger partial charge in [-0.3, -0.25) is 9.69 Å². The molecule has 0 aromatic rings. The quantitative estimate of drug-likeness (QED) is 0.666. The highest BCUT2D eigenvalue weighted by atomic mass is 16.5. The van der Waals surface area contributed by atoms with Gasteiger partial charge in [0.15, 0.2) is 0 Å². The normalized spacial score (nSPS) is 26.5. The minimum Gasteiger partial charge on any atom is -0.480 e. The molecular weight excluding hydrogens is 198 g/mol. The maximum absolute atomic E-state index is 11.0. The van der Waals surface area contributed by atoms with Gasteiger partial charge in [0, 0.05) is 13.7 Å². The van der Waals surface area contributed by atoms with Crippen molar-refractivity contribution in [2.45, 2.75) is 25.5 Å². The third kappa shape index (κ3) is 3.15. The number of aliphatic hydroxyl groups excluding tert-OH is 1. The van der Waals surface area contributed by atoms with E-state index in [4.69, 9.17) is 9.84 Å². The van der Waals surface area contributed by atoms with Crippen LogP contribution in [0, 0.1) is 5.92 Å². The zero-order valence-corrected chi connectivity index (χ0v) is 9.22. The van der Waals surface area contributed by atoms with E-state index in [1.165, 1.54) is 7.11 Å². The van der Waals surface area contributed by atoms with E-state index in [9.17, 15) is 9.90 Å². The zero-order chi connectivity index (χ0) is 11.4. The molecule has 0 spiro atoms. The highest BCUT2D eigenvalue weighted by Crippen LogP contribution is 2.21. The van der Waals surface area contributed by atoms with E-state index < -0.39 is 12.0 Å². The summed E-state index contributed by atoms with van der Waals surface area (Å²) in [5.41, 5.74) is 0. The molecule has 3 unspecified atom stereocenters. The van der Waals surface area contributed by atoms with Crippen LogP contribution < -0.4 is 0 Å². The average Bonchev–Trinajstić information content (AvgIpc) is 2.62. The van der Waals surface area contributed by atoms with Crippen molar-refractivity contribution in [3.05, 3.63) is 0 Å². The van der Waals surface area contributed by atoms with Crippen molar-refractivity contribution in [2.24, 2.45) is 5.92 Å². The lowest BCUT2D eigenvalue weighted by Crippen LogP contribution is -2.43. The molecule has 1 aliphatic heterocycles. The van der Waals surface area contributed by atoms with Crippen LogP contribution in [0.4, 0.5) is 0 Å². The summed E-state index contributed by atoms with van der Waals surface area (Å²) < 4.78 is 4.89. The lowest BCUT2D eigenvalue weighted by molar-refractivity contribution is -0.145. The van der Waals surface area contributed by atoms with Crippen molar-refractivity contribution >= 4 is 5.97 Å². The largest absolute Gasteiger partial charge is 0.480 e. The second kappa shape index (κ2) is 5.44. The third-order valence-electron chi connectivity index (χ3n) is 2.99. The average molecular weight is 217 g/mol. The fourth-order valence-electron chi connectivity index (χ4n) is 1.98. The minimum atomic E-state index is -0.858. The van der Waals surface area contributed by atoms with Crippen LogP contribution in [0.3, 0.4) is 0 Å². The van der Waals surface area contributed by atoms with Crippen molar-refractivity contribution in [1.29, 1.82) is 0 Å². The zero-order valence-electron chi connectivity index (χ0n) is 9.22. The third-order valence-corrected chi connectivity index (χ3v) is 2.99. The van der Waals surface area contributed by atoms with E-state index in [0.29, 0.717) is 6.54 Å². The van der Waals surface area contributed by atoms with Gasteiger partial charge in [-0.05, 0) is 25.8 Å². The Bertz CT molecular complexity index is 219. The van der Waals surface area contributed by atoms with Crippen molar-refractivity contribution in [1.82, 2.24) is 4.90 Å². The van der Waals surface area contributed by atoms with Gasteiger partial charge in [-0.15, -0.1) is 0 Å². The summed E-state index contributed by atoms with van der Waals surface area (Å²) >= 11 is 0. The second-order valence-corrected chi connectivity index (χ2v) is 4.09. The smallest absolute Gasteiger partial charge is 0.323 e. The standard InChI is InChI=1S/C10H19NO4/c1-7(12)8-3-4-11(5-8)9(6-15-2)10(13)14/h7-9,12H,3-6H2,1-2H3,(H,13,14). The maximum Gasteiger partial charge on any atom is 0.323 e. The van der Waals surface area contributed by atoms with Gasteiger partial charge in [-0.25, -0.2) is 0 Å². The molecule has 5 heteroatoms. The Labute approximate surface area is 89.6 Å². The molecular formula is C10H19NO4. The van der Waals surface area contributed by atoms with E-state index in [0.717, 1.165) is 13.0 Å². The number of nitrogens with zero attached hydrogens (tertiary/aromatic N) is 1. The molecule has 2 N–H and O–H groups in total. The SMILES string of the molecule is COCC(C(=O)O)N1CCC(C(C)O)C1. The van der Waals surface area contributed by atoms with E-state index in [-0.39, 0.29) is 18.6 Å². The number of methoxy groups -OCH3 is 1. The number of carbonyl (C=O) groups is 1. The predicted molar refractivity (Wildman–Crippen MR) is 54.7 cm³/mol. The topological polar surface area (TPSA) is 70.0 Å². The summed E-state index contributed by atoms with van der Waals surface area (Å²) in [6.07, 6.45) is 0.484. The summed E-state index contributed by atoms with van der Waals surface area (Å²) in [6.45, 7) is 3.30. The van der Waals surface area contributed by atoms with Gasteiger partial charge in [-0.1, -0.05) is 0 Å². The summed E-state index contributed by atoms with van der Waals surface area (Å²) in [5, 5.41) is 18.4. The highest BCUT2D eigenvalue weighted by Gasteiger charge is 2.33. The van der Waals surface area contributed by atoms with Crippen LogP contribution in [-0.2, 0) is 9.53 Å².